The summed E-state index contributed by atoms with van der Waals surface area (Å²) in [5.41, 5.74) is 1.32. The van der Waals surface area contributed by atoms with Crippen molar-refractivity contribution in [2.24, 2.45) is 5.92 Å². The average molecular weight is 357 g/mol. The molecular formula is C22H32N2S. The van der Waals surface area contributed by atoms with Crippen LogP contribution in [0.2, 0.25) is 0 Å². The van der Waals surface area contributed by atoms with E-state index in [1.165, 1.54) is 93.0 Å². The van der Waals surface area contributed by atoms with Gasteiger partial charge in [0, 0.05) is 10.3 Å². The van der Waals surface area contributed by atoms with Crippen LogP contribution in [0.4, 0.5) is 0 Å². The topological polar surface area (TPSA) is 25.8 Å². The van der Waals surface area contributed by atoms with Crippen LogP contribution in [0.15, 0.2) is 6.07 Å². The Hall–Kier alpha value is -0.960. The first-order valence-electron chi connectivity index (χ1n) is 10.6. The summed E-state index contributed by atoms with van der Waals surface area (Å²) >= 11 is 1.95. The van der Waals surface area contributed by atoms with E-state index in [0.29, 0.717) is 0 Å². The number of hydrogen-bond donors (Lipinski definition) is 0. The highest BCUT2D eigenvalue weighted by molar-refractivity contribution is 7.18. The molecule has 2 fully saturated rings. The van der Waals surface area contributed by atoms with Crippen molar-refractivity contribution < 1.29 is 0 Å². The number of aromatic nitrogens is 2. The molecule has 0 radical (unpaired) electrons. The van der Waals surface area contributed by atoms with E-state index in [-0.39, 0.29) is 0 Å². The Labute approximate surface area is 156 Å². The summed E-state index contributed by atoms with van der Waals surface area (Å²) in [7, 11) is 0. The Morgan fingerprint density at radius 3 is 2.36 bits per heavy atom. The lowest BCUT2D eigenvalue weighted by Gasteiger charge is -2.19. The van der Waals surface area contributed by atoms with Crippen LogP contribution in [-0.4, -0.2) is 9.97 Å². The predicted octanol–water partition coefficient (Wildman–Crippen LogP) is 6.95. The van der Waals surface area contributed by atoms with E-state index < -0.39 is 0 Å². The van der Waals surface area contributed by atoms with Crippen LogP contribution >= 0.6 is 11.3 Å². The van der Waals surface area contributed by atoms with Gasteiger partial charge in [-0.3, -0.25) is 0 Å². The first-order valence-corrected chi connectivity index (χ1v) is 11.4. The fourth-order valence-electron chi connectivity index (χ4n) is 4.89. The van der Waals surface area contributed by atoms with Crippen LogP contribution in [0.3, 0.4) is 0 Å². The molecule has 0 spiro atoms. The third kappa shape index (κ3) is 4.24. The minimum Gasteiger partial charge on any atom is -0.238 e. The van der Waals surface area contributed by atoms with Gasteiger partial charge in [-0.25, -0.2) is 9.97 Å². The first-order chi connectivity index (χ1) is 12.3. The van der Waals surface area contributed by atoms with Crippen molar-refractivity contribution in [1.29, 1.82) is 0 Å². The fraction of sp³-hybridized carbons (Fsp3) is 0.727. The summed E-state index contributed by atoms with van der Waals surface area (Å²) in [6.07, 6.45) is 18.1. The Morgan fingerprint density at radius 2 is 1.60 bits per heavy atom. The van der Waals surface area contributed by atoms with E-state index in [1.54, 1.807) is 4.88 Å². The number of aryl methyl sites for hydroxylation is 2. The maximum Gasteiger partial charge on any atom is 0.127 e. The third-order valence-electron chi connectivity index (χ3n) is 6.37. The molecule has 4 rings (SSSR count). The van der Waals surface area contributed by atoms with Gasteiger partial charge in [0.05, 0.1) is 5.69 Å². The highest BCUT2D eigenvalue weighted by Crippen LogP contribution is 2.39. The molecule has 0 bridgehead atoms. The Morgan fingerprint density at radius 1 is 0.920 bits per heavy atom. The van der Waals surface area contributed by atoms with Crippen LogP contribution in [0, 0.1) is 12.8 Å². The molecule has 0 aromatic carbocycles. The van der Waals surface area contributed by atoms with Crippen molar-refractivity contribution in [1.82, 2.24) is 9.97 Å². The maximum absolute atomic E-state index is 4.86. The zero-order chi connectivity index (χ0) is 17.1. The highest BCUT2D eigenvalue weighted by Gasteiger charge is 2.20. The van der Waals surface area contributed by atoms with Gasteiger partial charge >= 0.3 is 0 Å². The number of hydrogen-bond acceptors (Lipinski definition) is 3. The van der Waals surface area contributed by atoms with Gasteiger partial charge in [0.25, 0.3) is 0 Å². The summed E-state index contributed by atoms with van der Waals surface area (Å²) in [4.78, 5) is 12.4. The molecule has 2 aromatic rings. The van der Waals surface area contributed by atoms with Gasteiger partial charge in [-0.2, -0.15) is 0 Å². The first kappa shape index (κ1) is 17.5. The molecule has 2 heterocycles. The van der Waals surface area contributed by atoms with Crippen molar-refractivity contribution in [3.8, 4) is 0 Å². The molecule has 2 saturated carbocycles. The van der Waals surface area contributed by atoms with Crippen LogP contribution in [0.5, 0.6) is 0 Å². The lowest BCUT2D eigenvalue weighted by atomic mass is 9.88. The van der Waals surface area contributed by atoms with Gasteiger partial charge in [0.1, 0.15) is 10.7 Å². The molecular weight excluding hydrogens is 324 g/mol. The highest BCUT2D eigenvalue weighted by atomic mass is 32.1. The molecule has 2 aliphatic rings. The standard InChI is InChI=1S/C22H32N2S/c1-16-23-20(14-13-17-9-5-2-3-6-10-17)19-15-21(25-22(19)24-16)18-11-7-4-8-12-18/h15,17-18H,2-14H2,1H3. The summed E-state index contributed by atoms with van der Waals surface area (Å²) in [6, 6.07) is 2.46. The van der Waals surface area contributed by atoms with Gasteiger partial charge in [-0.05, 0) is 50.5 Å². The van der Waals surface area contributed by atoms with Gasteiger partial charge in [-0.15, -0.1) is 11.3 Å². The maximum atomic E-state index is 4.86. The van der Waals surface area contributed by atoms with E-state index in [1.807, 2.05) is 11.3 Å². The van der Waals surface area contributed by atoms with E-state index in [2.05, 4.69) is 13.0 Å². The molecule has 2 nitrogen and oxygen atoms in total. The second-order valence-electron chi connectivity index (χ2n) is 8.32. The second kappa shape index (κ2) is 8.16. The zero-order valence-electron chi connectivity index (χ0n) is 15.7. The molecule has 0 aliphatic heterocycles. The van der Waals surface area contributed by atoms with Crippen LogP contribution in [0.1, 0.15) is 99.4 Å². The quantitative estimate of drug-likeness (QED) is 0.554. The summed E-state index contributed by atoms with van der Waals surface area (Å²) < 4.78 is 0. The monoisotopic (exact) mass is 356 g/mol. The molecule has 0 saturated heterocycles. The largest absolute Gasteiger partial charge is 0.238 e. The molecule has 0 atom stereocenters. The van der Waals surface area contributed by atoms with Gasteiger partial charge in [-0.1, -0.05) is 57.8 Å². The minimum absolute atomic E-state index is 0.781. The van der Waals surface area contributed by atoms with Gasteiger partial charge in [0.15, 0.2) is 0 Å². The molecule has 2 aromatic heterocycles. The SMILES string of the molecule is Cc1nc(CCC2CCCCCC2)c2cc(C3CCCCC3)sc2n1. The smallest absolute Gasteiger partial charge is 0.127 e. The van der Waals surface area contributed by atoms with Crippen LogP contribution < -0.4 is 0 Å². The van der Waals surface area contributed by atoms with E-state index in [9.17, 15) is 0 Å². The number of rotatable bonds is 4. The molecule has 136 valence electrons. The number of fused-ring (bicyclic) bond motifs is 1. The van der Waals surface area contributed by atoms with Crippen LogP contribution in [0.25, 0.3) is 10.2 Å². The summed E-state index contributed by atoms with van der Waals surface area (Å²) in [5, 5.41) is 1.37. The fourth-order valence-corrected chi connectivity index (χ4v) is 6.16. The molecule has 2 aliphatic carbocycles. The zero-order valence-corrected chi connectivity index (χ0v) is 16.5. The van der Waals surface area contributed by atoms with E-state index in [0.717, 1.165) is 24.1 Å². The number of thiophene rings is 1. The summed E-state index contributed by atoms with van der Waals surface area (Å²) in [6.45, 7) is 2.06. The van der Waals surface area contributed by atoms with Gasteiger partial charge in [0.2, 0.25) is 0 Å². The normalized spacial score (nSPS) is 20.8. The molecule has 3 heteroatoms. The van der Waals surface area contributed by atoms with Gasteiger partial charge < -0.3 is 0 Å². The van der Waals surface area contributed by atoms with Crippen molar-refractivity contribution >= 4 is 21.6 Å². The lowest BCUT2D eigenvalue weighted by molar-refractivity contribution is 0.427. The predicted molar refractivity (Wildman–Crippen MR) is 107 cm³/mol. The Kier molecular flexibility index (Phi) is 5.70. The Balaban J connectivity index is 1.53. The Bertz CT molecular complexity index is 691. The molecule has 0 amide bonds. The van der Waals surface area contributed by atoms with Crippen molar-refractivity contribution in [2.45, 2.75) is 96.3 Å². The van der Waals surface area contributed by atoms with Crippen molar-refractivity contribution in [2.75, 3.05) is 0 Å². The van der Waals surface area contributed by atoms with Crippen molar-refractivity contribution in [3.63, 3.8) is 0 Å². The lowest BCUT2D eigenvalue weighted by Crippen LogP contribution is -2.04. The third-order valence-corrected chi connectivity index (χ3v) is 7.57. The number of nitrogens with zero attached hydrogens (tertiary/aromatic N) is 2. The van der Waals surface area contributed by atoms with Crippen LogP contribution in [-0.2, 0) is 6.42 Å². The second-order valence-corrected chi connectivity index (χ2v) is 9.38. The molecule has 0 N–H and O–H groups in total. The molecule has 25 heavy (non-hydrogen) atoms. The van der Waals surface area contributed by atoms with E-state index in [4.69, 9.17) is 9.97 Å². The average Bonchev–Trinajstić information content (AvgIpc) is 2.88. The molecule has 0 unspecified atom stereocenters. The summed E-state index contributed by atoms with van der Waals surface area (Å²) in [5.74, 6) is 2.66. The van der Waals surface area contributed by atoms with E-state index >= 15 is 0 Å². The minimum atomic E-state index is 0.781. The van der Waals surface area contributed by atoms with Crippen molar-refractivity contribution in [3.05, 3.63) is 22.5 Å².